The monoisotopic (exact) mass is 659 g/mol. The third kappa shape index (κ3) is 46.1. The van der Waals surface area contributed by atoms with Crippen molar-refractivity contribution in [2.75, 3.05) is 47.7 Å². The summed E-state index contributed by atoms with van der Waals surface area (Å²) in [6.45, 7) is 6.92. The number of unbranched alkanes of at least 4 members (excludes halogenated alkanes) is 22. The number of nitrogens with zero attached hydrogens (tertiary/aromatic N) is 2. The summed E-state index contributed by atoms with van der Waals surface area (Å²) < 4.78 is 1.12. The summed E-state index contributed by atoms with van der Waals surface area (Å²) in [5.74, 6) is 0.844. The average Bonchev–Trinajstić information content (AvgIpc) is 2.97. The summed E-state index contributed by atoms with van der Waals surface area (Å²) in [5, 5.41) is 0. The maximum Gasteiger partial charge on any atom is 0.0780 e. The van der Waals surface area contributed by atoms with Crippen molar-refractivity contribution in [1.82, 2.24) is 4.90 Å². The first-order valence-electron chi connectivity index (χ1n) is 18.8. The second-order valence-electron chi connectivity index (χ2n) is 14.2. The van der Waals surface area contributed by atoms with Gasteiger partial charge in [-0.1, -0.05) is 179 Å². The Morgan fingerprint density at radius 3 is 1.11 bits per heavy atom. The summed E-state index contributed by atoms with van der Waals surface area (Å²) >= 11 is 5.60. The Hall–Kier alpha value is -0.280. The molecule has 0 aliphatic rings. The highest BCUT2D eigenvalue weighted by Gasteiger charge is 2.05. The molecule has 0 atom stereocenters. The summed E-state index contributed by atoms with van der Waals surface area (Å²) in [6, 6.07) is 10.5. The largest absolute Gasteiger partial charge is 1.00 e. The van der Waals surface area contributed by atoms with Crippen molar-refractivity contribution in [3.8, 4) is 0 Å². The fraction of sp³-hybridized carbons (Fsp3) is 0.850. The second-order valence-corrected chi connectivity index (χ2v) is 14.6. The van der Waals surface area contributed by atoms with Crippen LogP contribution in [0, 0.1) is 0 Å². The predicted octanol–water partition coefficient (Wildman–Crippen LogP) is 10.1. The molecule has 44 heavy (non-hydrogen) atoms. The zero-order chi connectivity index (χ0) is 32.3. The van der Waals surface area contributed by atoms with E-state index in [1.54, 1.807) is 0 Å². The first-order valence-corrected chi connectivity index (χ1v) is 19.3. The Labute approximate surface area is 290 Å². The van der Waals surface area contributed by atoms with Gasteiger partial charge in [0.15, 0.2) is 0 Å². The van der Waals surface area contributed by atoms with Crippen molar-refractivity contribution in [2.24, 2.45) is 0 Å². The van der Waals surface area contributed by atoms with Gasteiger partial charge in [0, 0.05) is 12.4 Å². The lowest BCUT2D eigenvalue weighted by Crippen LogP contribution is -3.00. The fourth-order valence-corrected chi connectivity index (χ4v) is 5.50. The Morgan fingerprint density at radius 1 is 0.500 bits per heavy atom. The molecule has 0 N–H and O–H groups in total. The minimum absolute atomic E-state index is 0. The van der Waals surface area contributed by atoms with E-state index in [0.29, 0.717) is 0 Å². The van der Waals surface area contributed by atoms with Crippen LogP contribution >= 0.6 is 11.6 Å². The summed E-state index contributed by atoms with van der Waals surface area (Å²) in [7, 11) is 11.0. The Morgan fingerprint density at radius 2 is 0.818 bits per heavy atom. The number of alkyl halides is 1. The smallest absolute Gasteiger partial charge is 0.0780 e. The van der Waals surface area contributed by atoms with Crippen molar-refractivity contribution in [2.45, 2.75) is 174 Å². The third-order valence-electron chi connectivity index (χ3n) is 8.01. The topological polar surface area (TPSA) is 3.24 Å². The summed E-state index contributed by atoms with van der Waals surface area (Å²) in [4.78, 5) is 2.16. The SMILES string of the molecule is CCCCCCCCCCCCCCCC[N+](C)(C)C.CCCCCCCCCCCCCl.CN(C)Cc1ccccc1.[Cl-]. The van der Waals surface area contributed by atoms with Crippen LogP contribution in [0.5, 0.6) is 0 Å². The van der Waals surface area contributed by atoms with E-state index in [0.717, 1.165) is 16.9 Å². The number of hydrogen-bond acceptors (Lipinski definition) is 1. The Balaban J connectivity index is -0.000000604. The molecule has 0 unspecified atom stereocenters. The number of hydrogen-bond donors (Lipinski definition) is 0. The minimum Gasteiger partial charge on any atom is -1.00 e. The molecule has 0 radical (unpaired) electrons. The molecule has 1 aromatic rings. The molecule has 0 saturated heterocycles. The van der Waals surface area contributed by atoms with Gasteiger partial charge >= 0.3 is 0 Å². The van der Waals surface area contributed by atoms with Gasteiger partial charge in [-0.3, -0.25) is 0 Å². The average molecular weight is 660 g/mol. The van der Waals surface area contributed by atoms with Crippen LogP contribution in [0.25, 0.3) is 0 Å². The third-order valence-corrected chi connectivity index (χ3v) is 8.28. The van der Waals surface area contributed by atoms with Gasteiger partial charge in [0.1, 0.15) is 0 Å². The number of quaternary nitrogens is 1. The molecule has 1 rings (SSSR count). The zero-order valence-corrected chi connectivity index (χ0v) is 32.6. The Bertz CT molecular complexity index is 606. The molecule has 0 aliphatic carbocycles. The van der Waals surface area contributed by atoms with Gasteiger partial charge in [0.2, 0.25) is 0 Å². The van der Waals surface area contributed by atoms with Gasteiger partial charge in [-0.25, -0.2) is 0 Å². The normalized spacial score (nSPS) is 10.9. The molecule has 0 aromatic heterocycles. The first kappa shape index (κ1) is 48.1. The molecular weight excluding hydrogens is 579 g/mol. The zero-order valence-electron chi connectivity index (χ0n) is 31.1. The van der Waals surface area contributed by atoms with Crippen LogP contribution in [0.1, 0.15) is 174 Å². The predicted molar refractivity (Wildman–Crippen MR) is 200 cm³/mol. The van der Waals surface area contributed by atoms with Crippen LogP contribution in [0.15, 0.2) is 30.3 Å². The highest BCUT2D eigenvalue weighted by Crippen LogP contribution is 2.13. The van der Waals surface area contributed by atoms with Crippen molar-refractivity contribution >= 4 is 11.6 Å². The first-order chi connectivity index (χ1) is 20.8. The highest BCUT2D eigenvalue weighted by molar-refractivity contribution is 6.17. The molecule has 1 aromatic carbocycles. The van der Waals surface area contributed by atoms with E-state index in [-0.39, 0.29) is 12.4 Å². The summed E-state index contributed by atoms with van der Waals surface area (Å²) in [5.41, 5.74) is 1.37. The molecule has 264 valence electrons. The standard InChI is InChI=1S/C19H42N.C12H25Cl.C9H13N.ClH/c1-5-6-7-8-9-10-11-12-13-14-15-16-17-18-19-20(2,3)4;1-2-3-4-5-6-7-8-9-10-11-12-13;1-10(2)8-9-6-4-3-5-7-9;/h5-19H2,1-4H3;2-12H2,1H3;3-7H,8H2,1-2H3;1H/q+1;;;/p-1. The Kier molecular flexibility index (Phi) is 42.5. The van der Waals surface area contributed by atoms with Crippen molar-refractivity contribution in [3.05, 3.63) is 35.9 Å². The highest BCUT2D eigenvalue weighted by atomic mass is 35.5. The molecule has 0 bridgehead atoms. The van der Waals surface area contributed by atoms with E-state index in [2.05, 4.69) is 78.3 Å². The van der Waals surface area contributed by atoms with Crippen LogP contribution in [0.3, 0.4) is 0 Å². The van der Waals surface area contributed by atoms with Crippen LogP contribution in [-0.2, 0) is 6.54 Å². The lowest BCUT2D eigenvalue weighted by molar-refractivity contribution is -0.870. The molecule has 0 fully saturated rings. The molecule has 0 spiro atoms. The molecule has 2 nitrogen and oxygen atoms in total. The minimum atomic E-state index is 0. The molecule has 4 heteroatoms. The van der Waals surface area contributed by atoms with Crippen LogP contribution < -0.4 is 12.4 Å². The van der Waals surface area contributed by atoms with E-state index < -0.39 is 0 Å². The van der Waals surface area contributed by atoms with Gasteiger partial charge in [-0.15, -0.1) is 11.6 Å². The maximum atomic E-state index is 5.60. The van der Waals surface area contributed by atoms with Gasteiger partial charge in [-0.05, 0) is 38.9 Å². The van der Waals surface area contributed by atoms with E-state index in [1.165, 1.54) is 166 Å². The van der Waals surface area contributed by atoms with E-state index >= 15 is 0 Å². The fourth-order valence-electron chi connectivity index (χ4n) is 5.31. The molecule has 0 amide bonds. The molecule has 0 saturated carbocycles. The lowest BCUT2D eigenvalue weighted by atomic mass is 10.0. The van der Waals surface area contributed by atoms with Gasteiger partial charge in [0.25, 0.3) is 0 Å². The quantitative estimate of drug-likeness (QED) is 0.0516. The summed E-state index contributed by atoms with van der Waals surface area (Å²) in [6.07, 6.45) is 34.3. The number of rotatable bonds is 27. The van der Waals surface area contributed by atoms with E-state index in [1.807, 2.05) is 6.07 Å². The van der Waals surface area contributed by atoms with Gasteiger partial charge < -0.3 is 21.8 Å². The molecular formula is C40H80Cl2N2. The second kappa shape index (κ2) is 38.9. The van der Waals surface area contributed by atoms with Crippen molar-refractivity contribution in [1.29, 1.82) is 0 Å². The lowest BCUT2D eigenvalue weighted by Gasteiger charge is -2.23. The molecule has 0 heterocycles. The van der Waals surface area contributed by atoms with Gasteiger partial charge in [0.05, 0.1) is 27.7 Å². The van der Waals surface area contributed by atoms with E-state index in [4.69, 9.17) is 11.6 Å². The van der Waals surface area contributed by atoms with Crippen LogP contribution in [-0.4, -0.2) is 57.0 Å². The van der Waals surface area contributed by atoms with Crippen LogP contribution in [0.4, 0.5) is 0 Å². The molecule has 0 aliphatic heterocycles. The number of benzene rings is 1. The van der Waals surface area contributed by atoms with Gasteiger partial charge in [-0.2, -0.15) is 0 Å². The van der Waals surface area contributed by atoms with Crippen molar-refractivity contribution < 1.29 is 16.9 Å². The van der Waals surface area contributed by atoms with Crippen LogP contribution in [0.2, 0.25) is 0 Å². The van der Waals surface area contributed by atoms with E-state index in [9.17, 15) is 0 Å². The maximum absolute atomic E-state index is 5.60. The van der Waals surface area contributed by atoms with Crippen molar-refractivity contribution in [3.63, 3.8) is 0 Å². The number of halogens is 2.